The maximum atomic E-state index is 11.2. The summed E-state index contributed by atoms with van der Waals surface area (Å²) in [5.41, 5.74) is -0.658. The Hall–Kier alpha value is -0.570. The van der Waals surface area contributed by atoms with Crippen LogP contribution in [0.5, 0.6) is 0 Å². The molecule has 0 aliphatic carbocycles. The average Bonchev–Trinajstić information content (AvgIpc) is 2.16. The summed E-state index contributed by atoms with van der Waals surface area (Å²) in [5, 5.41) is 9.23. The first-order valence-electron chi connectivity index (χ1n) is 5.49. The Balaban J connectivity index is 2.73. The maximum Gasteiger partial charge on any atom is 0.323 e. The van der Waals surface area contributed by atoms with Gasteiger partial charge in [-0.1, -0.05) is 13.8 Å². The van der Waals surface area contributed by atoms with E-state index in [0.29, 0.717) is 12.3 Å². The SMILES string of the molecule is CC[C@](C)(C(=O)O)N1CCC[C@@H](C)C1. The Kier molecular flexibility index (Phi) is 3.53. The van der Waals surface area contributed by atoms with Crippen molar-refractivity contribution in [1.29, 1.82) is 0 Å². The molecule has 0 aromatic heterocycles. The fourth-order valence-corrected chi connectivity index (χ4v) is 2.15. The molecule has 2 atom stereocenters. The van der Waals surface area contributed by atoms with E-state index in [4.69, 9.17) is 0 Å². The van der Waals surface area contributed by atoms with E-state index in [1.165, 1.54) is 6.42 Å². The Morgan fingerprint density at radius 3 is 2.71 bits per heavy atom. The summed E-state index contributed by atoms with van der Waals surface area (Å²) >= 11 is 0. The molecule has 0 aromatic rings. The number of piperidine rings is 1. The number of aliphatic carboxylic acids is 1. The second-order valence-corrected chi connectivity index (χ2v) is 4.63. The zero-order valence-corrected chi connectivity index (χ0v) is 9.42. The maximum absolute atomic E-state index is 11.2. The van der Waals surface area contributed by atoms with E-state index < -0.39 is 11.5 Å². The molecular weight excluding hydrogens is 178 g/mol. The highest BCUT2D eigenvalue weighted by atomic mass is 16.4. The van der Waals surface area contributed by atoms with E-state index in [2.05, 4.69) is 11.8 Å². The minimum absolute atomic E-state index is 0.633. The Morgan fingerprint density at radius 2 is 2.29 bits per heavy atom. The highest BCUT2D eigenvalue weighted by Gasteiger charge is 2.39. The molecule has 1 saturated heterocycles. The molecule has 1 N–H and O–H groups in total. The van der Waals surface area contributed by atoms with Crippen LogP contribution in [-0.2, 0) is 4.79 Å². The molecule has 0 aromatic carbocycles. The predicted molar refractivity (Wildman–Crippen MR) is 56.3 cm³/mol. The summed E-state index contributed by atoms with van der Waals surface area (Å²) < 4.78 is 0. The quantitative estimate of drug-likeness (QED) is 0.755. The van der Waals surface area contributed by atoms with E-state index in [0.717, 1.165) is 19.5 Å². The summed E-state index contributed by atoms with van der Waals surface area (Å²) in [5.74, 6) is -0.0527. The van der Waals surface area contributed by atoms with Crippen LogP contribution < -0.4 is 0 Å². The summed E-state index contributed by atoms with van der Waals surface area (Å²) in [6, 6.07) is 0. The van der Waals surface area contributed by atoms with Crippen molar-refractivity contribution in [2.24, 2.45) is 5.92 Å². The van der Waals surface area contributed by atoms with Gasteiger partial charge in [-0.05, 0) is 38.6 Å². The monoisotopic (exact) mass is 199 g/mol. The lowest BCUT2D eigenvalue weighted by atomic mass is 9.90. The summed E-state index contributed by atoms with van der Waals surface area (Å²) in [4.78, 5) is 13.3. The topological polar surface area (TPSA) is 40.5 Å². The molecule has 1 aliphatic rings. The van der Waals surface area contributed by atoms with Gasteiger partial charge in [-0.15, -0.1) is 0 Å². The first kappa shape index (κ1) is 11.5. The van der Waals surface area contributed by atoms with Gasteiger partial charge in [-0.3, -0.25) is 9.69 Å². The van der Waals surface area contributed by atoms with Crippen LogP contribution in [0.25, 0.3) is 0 Å². The fraction of sp³-hybridized carbons (Fsp3) is 0.909. The number of carboxylic acid groups (broad SMARTS) is 1. The molecule has 0 bridgehead atoms. The van der Waals surface area contributed by atoms with Crippen molar-refractivity contribution in [3.05, 3.63) is 0 Å². The van der Waals surface area contributed by atoms with Crippen molar-refractivity contribution in [2.45, 2.75) is 45.6 Å². The van der Waals surface area contributed by atoms with Crippen molar-refractivity contribution in [1.82, 2.24) is 4.90 Å². The minimum Gasteiger partial charge on any atom is -0.480 e. The Labute approximate surface area is 86.1 Å². The van der Waals surface area contributed by atoms with E-state index in [1.807, 2.05) is 13.8 Å². The van der Waals surface area contributed by atoms with Gasteiger partial charge >= 0.3 is 5.97 Å². The molecule has 1 fully saturated rings. The molecule has 3 heteroatoms. The van der Waals surface area contributed by atoms with Gasteiger partial charge < -0.3 is 5.11 Å². The fourth-order valence-electron chi connectivity index (χ4n) is 2.15. The van der Waals surface area contributed by atoms with Gasteiger partial charge in [0.25, 0.3) is 0 Å². The number of nitrogens with zero attached hydrogens (tertiary/aromatic N) is 1. The largest absolute Gasteiger partial charge is 0.480 e. The molecular formula is C11H21NO2. The normalized spacial score (nSPS) is 28.4. The number of rotatable bonds is 3. The van der Waals surface area contributed by atoms with Gasteiger partial charge in [-0.2, -0.15) is 0 Å². The lowest BCUT2D eigenvalue weighted by molar-refractivity contribution is -0.152. The lowest BCUT2D eigenvalue weighted by Gasteiger charge is -2.41. The van der Waals surface area contributed by atoms with Gasteiger partial charge in [0.1, 0.15) is 5.54 Å². The van der Waals surface area contributed by atoms with Crippen molar-refractivity contribution in [3.8, 4) is 0 Å². The van der Waals surface area contributed by atoms with Crippen LogP contribution in [-0.4, -0.2) is 34.6 Å². The van der Waals surface area contributed by atoms with Crippen molar-refractivity contribution in [2.75, 3.05) is 13.1 Å². The molecule has 0 amide bonds. The molecule has 14 heavy (non-hydrogen) atoms. The van der Waals surface area contributed by atoms with Gasteiger partial charge in [0.05, 0.1) is 0 Å². The molecule has 3 nitrogen and oxygen atoms in total. The van der Waals surface area contributed by atoms with E-state index in [-0.39, 0.29) is 0 Å². The van der Waals surface area contributed by atoms with Crippen LogP contribution in [0.2, 0.25) is 0 Å². The molecule has 0 radical (unpaired) electrons. The third-order valence-corrected chi connectivity index (χ3v) is 3.50. The zero-order chi connectivity index (χ0) is 10.8. The summed E-state index contributed by atoms with van der Waals surface area (Å²) in [6.07, 6.45) is 3.04. The highest BCUT2D eigenvalue weighted by Crippen LogP contribution is 2.26. The molecule has 1 heterocycles. The van der Waals surface area contributed by atoms with Crippen molar-refractivity contribution >= 4 is 5.97 Å². The van der Waals surface area contributed by atoms with Crippen LogP contribution in [0.15, 0.2) is 0 Å². The van der Waals surface area contributed by atoms with Crippen LogP contribution in [0.1, 0.15) is 40.0 Å². The second kappa shape index (κ2) is 4.30. The molecule has 82 valence electrons. The second-order valence-electron chi connectivity index (χ2n) is 4.63. The van der Waals surface area contributed by atoms with Gasteiger partial charge in [-0.25, -0.2) is 0 Å². The zero-order valence-electron chi connectivity index (χ0n) is 9.42. The standard InChI is InChI=1S/C11H21NO2/c1-4-11(3,10(13)14)12-7-5-6-9(2)8-12/h9H,4-8H2,1-3H3,(H,13,14)/t9-,11-/m1/s1. The van der Waals surface area contributed by atoms with Crippen molar-refractivity contribution < 1.29 is 9.90 Å². The van der Waals surface area contributed by atoms with E-state index >= 15 is 0 Å². The van der Waals surface area contributed by atoms with Crippen LogP contribution in [0.4, 0.5) is 0 Å². The number of likely N-dealkylation sites (tertiary alicyclic amines) is 1. The van der Waals surface area contributed by atoms with Crippen LogP contribution in [0, 0.1) is 5.92 Å². The smallest absolute Gasteiger partial charge is 0.323 e. The third-order valence-electron chi connectivity index (χ3n) is 3.50. The predicted octanol–water partition coefficient (Wildman–Crippen LogP) is 1.97. The lowest BCUT2D eigenvalue weighted by Crippen LogP contribution is -2.55. The van der Waals surface area contributed by atoms with Gasteiger partial charge in [0, 0.05) is 6.54 Å². The molecule has 1 rings (SSSR count). The summed E-state index contributed by atoms with van der Waals surface area (Å²) in [6.45, 7) is 7.85. The summed E-state index contributed by atoms with van der Waals surface area (Å²) in [7, 11) is 0. The number of hydrogen-bond donors (Lipinski definition) is 1. The Bertz CT molecular complexity index is 217. The van der Waals surface area contributed by atoms with Crippen LogP contribution in [0.3, 0.4) is 0 Å². The van der Waals surface area contributed by atoms with Crippen LogP contribution >= 0.6 is 0 Å². The van der Waals surface area contributed by atoms with E-state index in [1.54, 1.807) is 0 Å². The van der Waals surface area contributed by atoms with Gasteiger partial charge in [0.2, 0.25) is 0 Å². The molecule has 0 spiro atoms. The number of carbonyl (C=O) groups is 1. The third kappa shape index (κ3) is 2.08. The number of carboxylic acids is 1. The van der Waals surface area contributed by atoms with Gasteiger partial charge in [0.15, 0.2) is 0 Å². The first-order chi connectivity index (χ1) is 6.50. The average molecular weight is 199 g/mol. The molecule has 0 unspecified atom stereocenters. The minimum atomic E-state index is -0.686. The van der Waals surface area contributed by atoms with E-state index in [9.17, 15) is 9.90 Å². The molecule has 0 saturated carbocycles. The Morgan fingerprint density at radius 1 is 1.64 bits per heavy atom. The number of hydrogen-bond acceptors (Lipinski definition) is 2. The highest BCUT2D eigenvalue weighted by molar-refractivity contribution is 5.78. The van der Waals surface area contributed by atoms with Crippen molar-refractivity contribution in [3.63, 3.8) is 0 Å². The first-order valence-corrected chi connectivity index (χ1v) is 5.49. The molecule has 1 aliphatic heterocycles.